The van der Waals surface area contributed by atoms with Crippen LogP contribution in [0.25, 0.3) is 0 Å². The van der Waals surface area contributed by atoms with E-state index < -0.39 is 23.7 Å². The van der Waals surface area contributed by atoms with Crippen molar-refractivity contribution in [3.8, 4) is 0 Å². The van der Waals surface area contributed by atoms with Crippen LogP contribution >= 0.6 is 11.6 Å². The van der Waals surface area contributed by atoms with Crippen molar-refractivity contribution >= 4 is 17.6 Å². The minimum absolute atomic E-state index is 0.0917. The van der Waals surface area contributed by atoms with E-state index in [1.54, 1.807) is 0 Å². The van der Waals surface area contributed by atoms with Crippen LogP contribution in [0.1, 0.15) is 28.0 Å². The molecule has 0 saturated heterocycles. The van der Waals surface area contributed by atoms with Crippen molar-refractivity contribution in [1.29, 1.82) is 0 Å². The van der Waals surface area contributed by atoms with Gasteiger partial charge in [0, 0.05) is 12.1 Å². The van der Waals surface area contributed by atoms with Gasteiger partial charge in [-0.25, -0.2) is 18.6 Å². The molecule has 1 rings (SSSR count). The van der Waals surface area contributed by atoms with E-state index in [4.69, 9.17) is 16.7 Å². The predicted octanol–water partition coefficient (Wildman–Crippen LogP) is 2.46. The third-order valence-electron chi connectivity index (χ3n) is 1.65. The van der Waals surface area contributed by atoms with Crippen LogP contribution in [0, 0.1) is 0 Å². The third kappa shape index (κ3) is 1.98. The van der Waals surface area contributed by atoms with Crippen LogP contribution in [0.4, 0.5) is 8.78 Å². The van der Waals surface area contributed by atoms with E-state index in [0.717, 1.165) is 6.20 Å². The van der Waals surface area contributed by atoms with Gasteiger partial charge in [-0.3, -0.25) is 0 Å². The number of pyridine rings is 1. The minimum atomic E-state index is -2.89. The highest BCUT2D eigenvalue weighted by Gasteiger charge is 2.22. The molecule has 0 aliphatic carbocycles. The molecule has 0 unspecified atom stereocenters. The molecule has 0 bridgehead atoms. The standard InChI is InChI=1S/C8H6ClF2NO2/c9-3-4-1-2-12-6(8(13)14)5(4)7(10)11/h1-2,7H,3H2,(H,13,14). The number of alkyl halides is 3. The topological polar surface area (TPSA) is 50.2 Å². The molecule has 1 N–H and O–H groups in total. The summed E-state index contributed by atoms with van der Waals surface area (Å²) in [4.78, 5) is 13.9. The Morgan fingerprint density at radius 1 is 1.64 bits per heavy atom. The fourth-order valence-electron chi connectivity index (χ4n) is 1.04. The number of hydrogen-bond acceptors (Lipinski definition) is 2. The normalized spacial score (nSPS) is 10.6. The number of carbonyl (C=O) groups is 1. The van der Waals surface area contributed by atoms with E-state index in [2.05, 4.69) is 4.98 Å². The maximum atomic E-state index is 12.5. The van der Waals surface area contributed by atoms with Crippen LogP contribution in [0.15, 0.2) is 12.3 Å². The number of carboxylic acids is 1. The Hall–Kier alpha value is -1.23. The van der Waals surface area contributed by atoms with E-state index in [1.807, 2.05) is 0 Å². The maximum absolute atomic E-state index is 12.5. The molecular weight excluding hydrogens is 216 g/mol. The van der Waals surface area contributed by atoms with Crippen molar-refractivity contribution in [1.82, 2.24) is 4.98 Å². The molecule has 0 radical (unpaired) electrons. The van der Waals surface area contributed by atoms with Gasteiger partial charge in [0.1, 0.15) is 0 Å². The Labute approximate surface area is 83.3 Å². The summed E-state index contributed by atoms with van der Waals surface area (Å²) in [6.45, 7) is 0. The summed E-state index contributed by atoms with van der Waals surface area (Å²) in [6.07, 6.45) is -1.74. The van der Waals surface area contributed by atoms with Gasteiger partial charge in [-0.2, -0.15) is 0 Å². The molecule has 14 heavy (non-hydrogen) atoms. The fraction of sp³-hybridized carbons (Fsp3) is 0.250. The smallest absolute Gasteiger partial charge is 0.354 e. The highest BCUT2D eigenvalue weighted by atomic mass is 35.5. The lowest BCUT2D eigenvalue weighted by molar-refractivity contribution is 0.0676. The molecule has 0 amide bonds. The number of rotatable bonds is 3. The van der Waals surface area contributed by atoms with Gasteiger partial charge in [0.25, 0.3) is 6.43 Å². The summed E-state index contributed by atoms with van der Waals surface area (Å²) in [7, 11) is 0. The van der Waals surface area contributed by atoms with Crippen LogP contribution in [0.5, 0.6) is 0 Å². The summed E-state index contributed by atoms with van der Waals surface area (Å²) in [5, 5.41) is 8.60. The average Bonchev–Trinajstić information content (AvgIpc) is 2.16. The van der Waals surface area contributed by atoms with E-state index in [9.17, 15) is 13.6 Å². The number of halogens is 3. The quantitative estimate of drug-likeness (QED) is 0.798. The molecule has 0 fully saturated rings. The van der Waals surface area contributed by atoms with E-state index in [1.165, 1.54) is 6.07 Å². The van der Waals surface area contributed by atoms with Crippen molar-refractivity contribution in [3.05, 3.63) is 29.1 Å². The van der Waals surface area contributed by atoms with Crippen LogP contribution in [-0.4, -0.2) is 16.1 Å². The second kappa shape index (κ2) is 4.32. The number of aromatic nitrogens is 1. The van der Waals surface area contributed by atoms with Gasteiger partial charge in [-0.1, -0.05) is 0 Å². The zero-order valence-electron chi connectivity index (χ0n) is 6.88. The number of hydrogen-bond donors (Lipinski definition) is 1. The van der Waals surface area contributed by atoms with Gasteiger partial charge in [-0.05, 0) is 11.6 Å². The highest BCUT2D eigenvalue weighted by Crippen LogP contribution is 2.26. The van der Waals surface area contributed by atoms with Crippen molar-refractivity contribution in [2.75, 3.05) is 0 Å². The molecule has 0 aromatic carbocycles. The first-order valence-corrected chi connectivity index (χ1v) is 4.16. The molecule has 0 aliphatic heterocycles. The molecule has 0 saturated carbocycles. The zero-order valence-corrected chi connectivity index (χ0v) is 7.63. The van der Waals surface area contributed by atoms with Crippen molar-refractivity contribution in [2.45, 2.75) is 12.3 Å². The summed E-state index contributed by atoms with van der Waals surface area (Å²) < 4.78 is 24.9. The molecule has 76 valence electrons. The third-order valence-corrected chi connectivity index (χ3v) is 1.93. The van der Waals surface area contributed by atoms with Crippen LogP contribution in [-0.2, 0) is 5.88 Å². The number of carboxylic acid groups (broad SMARTS) is 1. The Morgan fingerprint density at radius 3 is 2.71 bits per heavy atom. The van der Waals surface area contributed by atoms with Gasteiger partial charge in [-0.15, -0.1) is 11.6 Å². The van der Waals surface area contributed by atoms with Crippen LogP contribution in [0.2, 0.25) is 0 Å². The van der Waals surface area contributed by atoms with Crippen molar-refractivity contribution in [2.24, 2.45) is 0 Å². The molecule has 1 aromatic rings. The first kappa shape index (κ1) is 10.8. The molecule has 0 aliphatic rings. The largest absolute Gasteiger partial charge is 0.476 e. The summed E-state index contributed by atoms with van der Waals surface area (Å²) in [6, 6.07) is 1.28. The first-order chi connectivity index (χ1) is 6.57. The molecule has 1 heterocycles. The molecule has 0 spiro atoms. The Kier molecular flexibility index (Phi) is 3.35. The SMILES string of the molecule is O=C(O)c1nccc(CCl)c1C(F)F. The molecule has 3 nitrogen and oxygen atoms in total. The van der Waals surface area contributed by atoms with E-state index >= 15 is 0 Å². The zero-order chi connectivity index (χ0) is 10.7. The minimum Gasteiger partial charge on any atom is -0.476 e. The average molecular weight is 222 g/mol. The Bertz CT molecular complexity index is 357. The monoisotopic (exact) mass is 221 g/mol. The summed E-state index contributed by atoms with van der Waals surface area (Å²) in [5.74, 6) is -1.64. The second-order valence-corrected chi connectivity index (χ2v) is 2.74. The number of aromatic carboxylic acids is 1. The summed E-state index contributed by atoms with van der Waals surface area (Å²) >= 11 is 5.40. The van der Waals surface area contributed by atoms with Gasteiger partial charge in [0.15, 0.2) is 5.69 Å². The molecule has 0 atom stereocenters. The van der Waals surface area contributed by atoms with Gasteiger partial charge >= 0.3 is 5.97 Å². The molecule has 1 aromatic heterocycles. The first-order valence-electron chi connectivity index (χ1n) is 3.63. The Balaban J connectivity index is 3.35. The molecular formula is C8H6ClF2NO2. The van der Waals surface area contributed by atoms with Crippen molar-refractivity contribution in [3.63, 3.8) is 0 Å². The lowest BCUT2D eigenvalue weighted by atomic mass is 10.1. The van der Waals surface area contributed by atoms with Crippen LogP contribution < -0.4 is 0 Å². The van der Waals surface area contributed by atoms with Crippen molar-refractivity contribution < 1.29 is 18.7 Å². The van der Waals surface area contributed by atoms with Crippen LogP contribution in [0.3, 0.4) is 0 Å². The Morgan fingerprint density at radius 2 is 2.29 bits per heavy atom. The highest BCUT2D eigenvalue weighted by molar-refractivity contribution is 6.17. The lowest BCUT2D eigenvalue weighted by Crippen LogP contribution is -2.08. The van der Waals surface area contributed by atoms with Gasteiger partial charge in [0.05, 0.1) is 5.56 Å². The maximum Gasteiger partial charge on any atom is 0.354 e. The lowest BCUT2D eigenvalue weighted by Gasteiger charge is -2.07. The number of nitrogens with zero attached hydrogens (tertiary/aromatic N) is 1. The summed E-state index contributed by atoms with van der Waals surface area (Å²) in [5.41, 5.74) is -1.15. The molecule has 6 heteroatoms. The van der Waals surface area contributed by atoms with Gasteiger partial charge < -0.3 is 5.11 Å². The van der Waals surface area contributed by atoms with Gasteiger partial charge in [0.2, 0.25) is 0 Å². The van der Waals surface area contributed by atoms with E-state index in [0.29, 0.717) is 0 Å². The fourth-order valence-corrected chi connectivity index (χ4v) is 1.28. The predicted molar refractivity (Wildman–Crippen MR) is 45.7 cm³/mol. The van der Waals surface area contributed by atoms with E-state index in [-0.39, 0.29) is 11.4 Å². The second-order valence-electron chi connectivity index (χ2n) is 2.47.